The number of benzene rings is 1. The Hall–Kier alpha value is -1.84. The van der Waals surface area contributed by atoms with Crippen LogP contribution in [-0.2, 0) is 9.59 Å². The Morgan fingerprint density at radius 1 is 1.23 bits per heavy atom. The van der Waals surface area contributed by atoms with Gasteiger partial charge in [-0.1, -0.05) is 44.2 Å². The molecule has 0 spiro atoms. The highest BCUT2D eigenvalue weighted by Crippen LogP contribution is 2.30. The average molecular weight is 303 g/mol. The summed E-state index contributed by atoms with van der Waals surface area (Å²) in [4.78, 5) is 25.6. The van der Waals surface area contributed by atoms with Crippen molar-refractivity contribution in [1.29, 1.82) is 0 Å². The number of hydrogen-bond acceptors (Lipinski definition) is 2. The summed E-state index contributed by atoms with van der Waals surface area (Å²) in [6, 6.07) is 9.37. The van der Waals surface area contributed by atoms with Gasteiger partial charge in [-0.3, -0.25) is 4.79 Å². The number of likely N-dealkylation sites (tertiary alicyclic amines) is 1. The molecule has 0 bridgehead atoms. The fourth-order valence-electron chi connectivity index (χ4n) is 3.23. The molecule has 0 aromatic heterocycles. The van der Waals surface area contributed by atoms with Crippen LogP contribution in [0.2, 0.25) is 0 Å². The molecule has 0 aliphatic carbocycles. The van der Waals surface area contributed by atoms with Gasteiger partial charge in [-0.2, -0.15) is 0 Å². The summed E-state index contributed by atoms with van der Waals surface area (Å²) < 4.78 is 0. The fourth-order valence-corrected chi connectivity index (χ4v) is 3.23. The van der Waals surface area contributed by atoms with Crippen molar-refractivity contribution >= 4 is 11.9 Å². The maximum atomic E-state index is 12.7. The summed E-state index contributed by atoms with van der Waals surface area (Å²) in [7, 11) is 0. The number of piperidine rings is 1. The zero-order chi connectivity index (χ0) is 16.1. The van der Waals surface area contributed by atoms with Crippen molar-refractivity contribution in [3.63, 3.8) is 0 Å². The molecule has 120 valence electrons. The lowest BCUT2D eigenvalue weighted by Gasteiger charge is -2.34. The van der Waals surface area contributed by atoms with Crippen LogP contribution in [0.15, 0.2) is 30.3 Å². The maximum Gasteiger partial charge on any atom is 0.326 e. The van der Waals surface area contributed by atoms with E-state index in [-0.39, 0.29) is 11.8 Å². The van der Waals surface area contributed by atoms with Gasteiger partial charge >= 0.3 is 5.97 Å². The molecular weight excluding hydrogens is 278 g/mol. The third-order valence-corrected chi connectivity index (χ3v) is 4.54. The first kappa shape index (κ1) is 16.5. The van der Waals surface area contributed by atoms with Gasteiger partial charge in [0.25, 0.3) is 0 Å². The van der Waals surface area contributed by atoms with E-state index in [1.54, 1.807) is 4.90 Å². The van der Waals surface area contributed by atoms with Crippen molar-refractivity contribution in [2.45, 2.75) is 51.5 Å². The molecule has 0 saturated carbocycles. The molecule has 1 N–H and O–H groups in total. The van der Waals surface area contributed by atoms with Crippen LogP contribution in [0, 0.1) is 5.92 Å². The van der Waals surface area contributed by atoms with Crippen molar-refractivity contribution in [3.05, 3.63) is 35.9 Å². The van der Waals surface area contributed by atoms with Gasteiger partial charge in [-0.15, -0.1) is 0 Å². The smallest absolute Gasteiger partial charge is 0.326 e. The number of rotatable bonds is 5. The third kappa shape index (κ3) is 3.87. The minimum absolute atomic E-state index is 0.0327. The second-order valence-corrected chi connectivity index (χ2v) is 6.40. The minimum atomic E-state index is -0.881. The Balaban J connectivity index is 2.12. The van der Waals surface area contributed by atoms with Crippen molar-refractivity contribution in [1.82, 2.24) is 4.90 Å². The Bertz CT molecular complexity index is 512. The first-order chi connectivity index (χ1) is 10.5. The van der Waals surface area contributed by atoms with Crippen LogP contribution in [-0.4, -0.2) is 34.5 Å². The van der Waals surface area contributed by atoms with Gasteiger partial charge in [0.15, 0.2) is 0 Å². The summed E-state index contributed by atoms with van der Waals surface area (Å²) in [5, 5.41) is 9.32. The van der Waals surface area contributed by atoms with Gasteiger partial charge in [-0.05, 0) is 36.7 Å². The van der Waals surface area contributed by atoms with Crippen LogP contribution >= 0.6 is 0 Å². The number of amides is 1. The van der Waals surface area contributed by atoms with Crippen molar-refractivity contribution in [3.8, 4) is 0 Å². The topological polar surface area (TPSA) is 57.6 Å². The molecule has 4 heteroatoms. The largest absolute Gasteiger partial charge is 0.480 e. The highest BCUT2D eigenvalue weighted by Gasteiger charge is 2.33. The SMILES string of the molecule is CC(C)C(CC(=O)N1CCCC[C@@H]1C(=O)O)c1ccccc1. The van der Waals surface area contributed by atoms with Gasteiger partial charge < -0.3 is 10.0 Å². The lowest BCUT2D eigenvalue weighted by molar-refractivity contribution is -0.152. The van der Waals surface area contributed by atoms with Crippen LogP contribution in [0.5, 0.6) is 0 Å². The van der Waals surface area contributed by atoms with E-state index in [2.05, 4.69) is 13.8 Å². The predicted molar refractivity (Wildman–Crippen MR) is 85.6 cm³/mol. The number of nitrogens with zero attached hydrogens (tertiary/aromatic N) is 1. The maximum absolute atomic E-state index is 12.7. The first-order valence-corrected chi connectivity index (χ1v) is 8.08. The zero-order valence-electron chi connectivity index (χ0n) is 13.4. The Kier molecular flexibility index (Phi) is 5.58. The molecule has 2 rings (SSSR count). The van der Waals surface area contributed by atoms with E-state index in [9.17, 15) is 14.7 Å². The minimum Gasteiger partial charge on any atom is -0.480 e. The molecule has 1 aliphatic heterocycles. The van der Waals surface area contributed by atoms with E-state index >= 15 is 0 Å². The van der Waals surface area contributed by atoms with Crippen LogP contribution in [0.3, 0.4) is 0 Å². The lowest BCUT2D eigenvalue weighted by atomic mass is 9.85. The van der Waals surface area contributed by atoms with E-state index in [4.69, 9.17) is 0 Å². The molecule has 22 heavy (non-hydrogen) atoms. The van der Waals surface area contributed by atoms with Crippen molar-refractivity contribution < 1.29 is 14.7 Å². The summed E-state index contributed by atoms with van der Waals surface area (Å²) in [6.45, 7) is 4.78. The third-order valence-electron chi connectivity index (χ3n) is 4.54. The van der Waals surface area contributed by atoms with Crippen LogP contribution in [0.25, 0.3) is 0 Å². The van der Waals surface area contributed by atoms with Gasteiger partial charge in [0.05, 0.1) is 0 Å². The number of aliphatic carboxylic acids is 1. The number of carbonyl (C=O) groups is 2. The molecule has 1 unspecified atom stereocenters. The molecule has 1 aliphatic rings. The molecule has 0 radical (unpaired) electrons. The molecule has 1 fully saturated rings. The Labute approximate surface area is 132 Å². The van der Waals surface area contributed by atoms with E-state index in [0.29, 0.717) is 25.3 Å². The Morgan fingerprint density at radius 2 is 1.91 bits per heavy atom. The van der Waals surface area contributed by atoms with E-state index in [1.165, 1.54) is 0 Å². The standard InChI is InChI=1S/C18H25NO3/c1-13(2)15(14-8-4-3-5-9-14)12-17(20)19-11-7-6-10-16(19)18(21)22/h3-5,8-9,13,15-16H,6-7,10-12H2,1-2H3,(H,21,22)/t15?,16-/m1/s1. The molecular formula is C18H25NO3. The first-order valence-electron chi connectivity index (χ1n) is 8.08. The monoisotopic (exact) mass is 303 g/mol. The molecule has 1 aromatic rings. The van der Waals surface area contributed by atoms with E-state index in [1.807, 2.05) is 30.3 Å². The van der Waals surface area contributed by atoms with Gasteiger partial charge in [0.2, 0.25) is 5.91 Å². The zero-order valence-corrected chi connectivity index (χ0v) is 13.4. The van der Waals surface area contributed by atoms with Gasteiger partial charge in [0.1, 0.15) is 6.04 Å². The Morgan fingerprint density at radius 3 is 2.50 bits per heavy atom. The summed E-state index contributed by atoms with van der Waals surface area (Å²) >= 11 is 0. The normalized spacial score (nSPS) is 20.0. The molecule has 1 heterocycles. The number of carboxylic acids is 1. The van der Waals surface area contributed by atoms with E-state index in [0.717, 1.165) is 18.4 Å². The lowest BCUT2D eigenvalue weighted by Crippen LogP contribution is -2.48. The van der Waals surface area contributed by atoms with Crippen LogP contribution < -0.4 is 0 Å². The van der Waals surface area contributed by atoms with Gasteiger partial charge in [-0.25, -0.2) is 4.79 Å². The second-order valence-electron chi connectivity index (χ2n) is 6.40. The molecule has 4 nitrogen and oxygen atoms in total. The van der Waals surface area contributed by atoms with Crippen LogP contribution in [0.4, 0.5) is 0 Å². The molecule has 2 atom stereocenters. The van der Waals surface area contributed by atoms with E-state index < -0.39 is 12.0 Å². The second kappa shape index (κ2) is 7.43. The number of hydrogen-bond donors (Lipinski definition) is 1. The number of carbonyl (C=O) groups excluding carboxylic acids is 1. The summed E-state index contributed by atoms with van der Waals surface area (Å²) in [6.07, 6.45) is 2.73. The number of carboxylic acid groups (broad SMARTS) is 1. The molecule has 1 amide bonds. The van der Waals surface area contributed by atoms with Crippen LogP contribution in [0.1, 0.15) is 51.0 Å². The fraction of sp³-hybridized carbons (Fsp3) is 0.556. The predicted octanol–water partition coefficient (Wildman–Crippen LogP) is 3.28. The highest BCUT2D eigenvalue weighted by molar-refractivity contribution is 5.84. The molecule has 1 saturated heterocycles. The highest BCUT2D eigenvalue weighted by atomic mass is 16.4. The van der Waals surface area contributed by atoms with Gasteiger partial charge in [0, 0.05) is 13.0 Å². The molecule has 1 aromatic carbocycles. The average Bonchev–Trinajstić information content (AvgIpc) is 2.52. The summed E-state index contributed by atoms with van der Waals surface area (Å²) in [5.74, 6) is -0.451. The quantitative estimate of drug-likeness (QED) is 0.908. The summed E-state index contributed by atoms with van der Waals surface area (Å²) in [5.41, 5.74) is 1.15. The van der Waals surface area contributed by atoms with Crippen molar-refractivity contribution in [2.24, 2.45) is 5.92 Å². The van der Waals surface area contributed by atoms with Crippen molar-refractivity contribution in [2.75, 3.05) is 6.54 Å².